The standard InChI is InChI=1S/C16H16ClN3O/c17-11-2-1-9-8-18-15(6-10(9)5-11)16(21)20-14-7-12-3-4-13(14)19-12/h1-2,5-6,8,12-14,19H,3-4,7H2,(H,20,21). The van der Waals surface area contributed by atoms with Crippen molar-refractivity contribution in [2.45, 2.75) is 37.4 Å². The molecular formula is C16H16ClN3O. The minimum atomic E-state index is -0.101. The maximum Gasteiger partial charge on any atom is 0.270 e. The average molecular weight is 302 g/mol. The second-order valence-electron chi connectivity index (χ2n) is 5.92. The number of pyridine rings is 1. The number of carbonyl (C=O) groups excluding carboxylic acids is 1. The molecule has 2 saturated heterocycles. The SMILES string of the molecule is O=C(NC1CC2CCC1N2)c1cc2cc(Cl)ccc2cn1. The van der Waals surface area contributed by atoms with E-state index >= 15 is 0 Å². The van der Waals surface area contributed by atoms with Crippen LogP contribution in [0.25, 0.3) is 10.8 Å². The lowest BCUT2D eigenvalue weighted by atomic mass is 9.95. The summed E-state index contributed by atoms with van der Waals surface area (Å²) in [5.74, 6) is -0.101. The van der Waals surface area contributed by atoms with Gasteiger partial charge in [-0.25, -0.2) is 0 Å². The van der Waals surface area contributed by atoms with Gasteiger partial charge in [0.15, 0.2) is 0 Å². The van der Waals surface area contributed by atoms with E-state index in [2.05, 4.69) is 15.6 Å². The average Bonchev–Trinajstić information content (AvgIpc) is 3.09. The number of nitrogens with zero attached hydrogens (tertiary/aromatic N) is 1. The van der Waals surface area contributed by atoms with Gasteiger partial charge in [0.05, 0.1) is 0 Å². The molecule has 3 atom stereocenters. The Labute approximate surface area is 127 Å². The van der Waals surface area contributed by atoms with E-state index in [1.165, 1.54) is 6.42 Å². The molecule has 4 rings (SSSR count). The molecule has 0 aliphatic carbocycles. The summed E-state index contributed by atoms with van der Waals surface area (Å²) >= 11 is 6.00. The molecule has 0 radical (unpaired) electrons. The number of fused-ring (bicyclic) bond motifs is 3. The lowest BCUT2D eigenvalue weighted by molar-refractivity contribution is 0.0926. The Balaban J connectivity index is 1.56. The quantitative estimate of drug-likeness (QED) is 0.896. The lowest BCUT2D eigenvalue weighted by Gasteiger charge is -2.21. The Bertz CT molecular complexity index is 718. The second kappa shape index (κ2) is 4.97. The van der Waals surface area contributed by atoms with Crippen LogP contribution in [0.15, 0.2) is 30.5 Å². The first-order valence-electron chi connectivity index (χ1n) is 7.31. The highest BCUT2D eigenvalue weighted by molar-refractivity contribution is 6.31. The molecule has 2 aliphatic heterocycles. The molecule has 1 amide bonds. The van der Waals surface area contributed by atoms with Crippen LogP contribution in [0.3, 0.4) is 0 Å². The van der Waals surface area contributed by atoms with Gasteiger partial charge in [-0.1, -0.05) is 17.7 Å². The van der Waals surface area contributed by atoms with Crippen molar-refractivity contribution in [1.82, 2.24) is 15.6 Å². The number of benzene rings is 1. The predicted molar refractivity (Wildman–Crippen MR) is 82.6 cm³/mol. The zero-order valence-corrected chi connectivity index (χ0v) is 12.2. The van der Waals surface area contributed by atoms with Crippen LogP contribution in [-0.2, 0) is 0 Å². The van der Waals surface area contributed by atoms with Gasteiger partial charge in [0.1, 0.15) is 5.69 Å². The van der Waals surface area contributed by atoms with Gasteiger partial charge in [0, 0.05) is 34.7 Å². The van der Waals surface area contributed by atoms with Crippen molar-refractivity contribution < 1.29 is 4.79 Å². The van der Waals surface area contributed by atoms with Crippen molar-refractivity contribution in [3.05, 3.63) is 41.2 Å². The molecule has 3 unspecified atom stereocenters. The minimum absolute atomic E-state index is 0.101. The molecule has 0 spiro atoms. The molecule has 4 nitrogen and oxygen atoms in total. The number of carbonyl (C=O) groups is 1. The van der Waals surface area contributed by atoms with Gasteiger partial charge in [-0.3, -0.25) is 9.78 Å². The lowest BCUT2D eigenvalue weighted by Crippen LogP contribution is -2.43. The van der Waals surface area contributed by atoms with Crippen LogP contribution >= 0.6 is 11.6 Å². The van der Waals surface area contributed by atoms with E-state index in [0.717, 1.165) is 23.6 Å². The smallest absolute Gasteiger partial charge is 0.270 e. The summed E-state index contributed by atoms with van der Waals surface area (Å²) in [7, 11) is 0. The van der Waals surface area contributed by atoms with E-state index in [0.29, 0.717) is 22.8 Å². The summed E-state index contributed by atoms with van der Waals surface area (Å²) in [5, 5.41) is 9.21. The maximum atomic E-state index is 12.4. The molecule has 5 heteroatoms. The fraction of sp³-hybridized carbons (Fsp3) is 0.375. The topological polar surface area (TPSA) is 54.0 Å². The first kappa shape index (κ1) is 13.0. The Kier molecular flexibility index (Phi) is 3.08. The molecule has 2 aliphatic rings. The third-order valence-electron chi connectivity index (χ3n) is 4.53. The van der Waals surface area contributed by atoms with Crippen LogP contribution in [0, 0.1) is 0 Å². The van der Waals surface area contributed by atoms with Gasteiger partial charge in [-0.05, 0) is 42.8 Å². The van der Waals surface area contributed by atoms with Crippen LogP contribution in [-0.4, -0.2) is 29.0 Å². The van der Waals surface area contributed by atoms with Crippen molar-refractivity contribution in [3.8, 4) is 0 Å². The van der Waals surface area contributed by atoms with Crippen molar-refractivity contribution >= 4 is 28.3 Å². The molecule has 2 fully saturated rings. The Morgan fingerprint density at radius 1 is 1.29 bits per heavy atom. The van der Waals surface area contributed by atoms with Gasteiger partial charge in [-0.15, -0.1) is 0 Å². The summed E-state index contributed by atoms with van der Waals surface area (Å²) in [4.78, 5) is 16.6. The zero-order chi connectivity index (χ0) is 14.4. The van der Waals surface area contributed by atoms with E-state index in [1.807, 2.05) is 18.2 Å². The number of hydrogen-bond acceptors (Lipinski definition) is 3. The first-order chi connectivity index (χ1) is 10.2. The van der Waals surface area contributed by atoms with E-state index < -0.39 is 0 Å². The molecule has 1 aromatic carbocycles. The highest BCUT2D eigenvalue weighted by Gasteiger charge is 2.39. The maximum absolute atomic E-state index is 12.4. The fourth-order valence-electron chi connectivity index (χ4n) is 3.46. The van der Waals surface area contributed by atoms with Crippen LogP contribution in [0.1, 0.15) is 29.8 Å². The molecule has 3 heterocycles. The molecule has 108 valence electrons. The summed E-state index contributed by atoms with van der Waals surface area (Å²) < 4.78 is 0. The van der Waals surface area contributed by atoms with E-state index in [9.17, 15) is 4.79 Å². The number of halogens is 1. The summed E-state index contributed by atoms with van der Waals surface area (Å²) in [5.41, 5.74) is 0.451. The highest BCUT2D eigenvalue weighted by Crippen LogP contribution is 2.28. The summed E-state index contributed by atoms with van der Waals surface area (Å²) in [6.07, 6.45) is 5.12. The predicted octanol–water partition coefficient (Wildman–Crippen LogP) is 2.51. The van der Waals surface area contributed by atoms with Gasteiger partial charge in [-0.2, -0.15) is 0 Å². The van der Waals surface area contributed by atoms with Crippen molar-refractivity contribution in [1.29, 1.82) is 0 Å². The molecule has 1 aromatic heterocycles. The number of aromatic nitrogens is 1. The third-order valence-corrected chi connectivity index (χ3v) is 4.77. The number of amides is 1. The molecular weight excluding hydrogens is 286 g/mol. The van der Waals surface area contributed by atoms with E-state index in [-0.39, 0.29) is 11.9 Å². The van der Waals surface area contributed by atoms with Crippen LogP contribution in [0.4, 0.5) is 0 Å². The summed E-state index contributed by atoms with van der Waals surface area (Å²) in [6, 6.07) is 8.62. The monoisotopic (exact) mass is 301 g/mol. The van der Waals surface area contributed by atoms with Crippen molar-refractivity contribution in [2.75, 3.05) is 0 Å². The minimum Gasteiger partial charge on any atom is -0.346 e. The van der Waals surface area contributed by atoms with E-state index in [1.54, 1.807) is 12.3 Å². The molecule has 21 heavy (non-hydrogen) atoms. The number of rotatable bonds is 2. The Hall–Kier alpha value is -1.65. The molecule has 2 aromatic rings. The van der Waals surface area contributed by atoms with Crippen LogP contribution in [0.5, 0.6) is 0 Å². The molecule has 2 N–H and O–H groups in total. The van der Waals surface area contributed by atoms with Crippen molar-refractivity contribution in [2.24, 2.45) is 0 Å². The van der Waals surface area contributed by atoms with Gasteiger partial charge in [0.25, 0.3) is 5.91 Å². The van der Waals surface area contributed by atoms with Crippen LogP contribution in [0.2, 0.25) is 5.02 Å². The summed E-state index contributed by atoms with van der Waals surface area (Å²) in [6.45, 7) is 0. The van der Waals surface area contributed by atoms with E-state index in [4.69, 9.17) is 11.6 Å². The van der Waals surface area contributed by atoms with Gasteiger partial charge >= 0.3 is 0 Å². The normalized spacial score (nSPS) is 27.2. The highest BCUT2D eigenvalue weighted by atomic mass is 35.5. The Morgan fingerprint density at radius 2 is 2.19 bits per heavy atom. The third kappa shape index (κ3) is 2.39. The molecule has 0 saturated carbocycles. The number of nitrogens with one attached hydrogen (secondary N) is 2. The zero-order valence-electron chi connectivity index (χ0n) is 11.5. The number of hydrogen-bond donors (Lipinski definition) is 2. The van der Waals surface area contributed by atoms with Crippen LogP contribution < -0.4 is 10.6 Å². The Morgan fingerprint density at radius 3 is 2.95 bits per heavy atom. The van der Waals surface area contributed by atoms with Crippen molar-refractivity contribution in [3.63, 3.8) is 0 Å². The van der Waals surface area contributed by atoms with Gasteiger partial charge < -0.3 is 10.6 Å². The molecule has 2 bridgehead atoms. The fourth-order valence-corrected chi connectivity index (χ4v) is 3.64. The second-order valence-corrected chi connectivity index (χ2v) is 6.36. The van der Waals surface area contributed by atoms with Gasteiger partial charge in [0.2, 0.25) is 0 Å². The largest absolute Gasteiger partial charge is 0.346 e. The first-order valence-corrected chi connectivity index (χ1v) is 7.69.